The maximum Gasteiger partial charge on any atom is 0.239 e. The molecule has 0 bridgehead atoms. The van der Waals surface area contributed by atoms with E-state index in [1.807, 2.05) is 32.0 Å². The highest BCUT2D eigenvalue weighted by Gasteiger charge is 2.00. The van der Waals surface area contributed by atoms with Crippen molar-refractivity contribution in [2.75, 3.05) is 24.1 Å². The minimum atomic E-state index is 0.00178. The molecule has 0 fully saturated rings. The van der Waals surface area contributed by atoms with Gasteiger partial charge in [-0.25, -0.2) is 0 Å². The van der Waals surface area contributed by atoms with E-state index in [0.717, 1.165) is 24.2 Å². The second kappa shape index (κ2) is 6.00. The Morgan fingerprint density at radius 3 is 2.75 bits per heavy atom. The fourth-order valence-electron chi connectivity index (χ4n) is 1.42. The van der Waals surface area contributed by atoms with Crippen LogP contribution in [0.25, 0.3) is 0 Å². The molecule has 4 N–H and O–H groups in total. The number of carbonyl (C=O) groups excluding carboxylic acids is 1. The summed E-state index contributed by atoms with van der Waals surface area (Å²) in [6.45, 7) is 4.99. The van der Waals surface area contributed by atoms with Crippen LogP contribution in [0.5, 0.6) is 0 Å². The number of nitrogens with two attached hydrogens (primary N) is 1. The van der Waals surface area contributed by atoms with E-state index in [-0.39, 0.29) is 12.5 Å². The number of aryl methyl sites for hydroxylation is 1. The van der Waals surface area contributed by atoms with Gasteiger partial charge in [-0.15, -0.1) is 0 Å². The zero-order chi connectivity index (χ0) is 12.0. The number of anilines is 2. The van der Waals surface area contributed by atoms with Crippen molar-refractivity contribution in [2.45, 2.75) is 20.3 Å². The molecule has 0 atom stereocenters. The van der Waals surface area contributed by atoms with Gasteiger partial charge >= 0.3 is 0 Å². The van der Waals surface area contributed by atoms with Crippen LogP contribution in [-0.4, -0.2) is 19.0 Å². The van der Waals surface area contributed by atoms with Gasteiger partial charge in [0, 0.05) is 17.9 Å². The van der Waals surface area contributed by atoms with E-state index in [2.05, 4.69) is 10.6 Å². The zero-order valence-electron chi connectivity index (χ0n) is 9.84. The molecule has 4 nitrogen and oxygen atoms in total. The number of amides is 1. The number of benzene rings is 1. The third kappa shape index (κ3) is 4.21. The van der Waals surface area contributed by atoms with Gasteiger partial charge in [-0.05, 0) is 37.1 Å². The van der Waals surface area contributed by atoms with Gasteiger partial charge < -0.3 is 16.4 Å². The molecule has 1 amide bonds. The molecular formula is C12H19N3O. The molecule has 0 aliphatic rings. The van der Waals surface area contributed by atoms with Crippen LogP contribution >= 0.6 is 0 Å². The first-order valence-corrected chi connectivity index (χ1v) is 5.49. The van der Waals surface area contributed by atoms with Crippen LogP contribution in [0.3, 0.4) is 0 Å². The summed E-state index contributed by atoms with van der Waals surface area (Å²) in [5, 5.41) is 5.84. The Balaban J connectivity index is 2.45. The number of hydrogen-bond acceptors (Lipinski definition) is 3. The molecule has 0 saturated heterocycles. The number of hydrogen-bond donors (Lipinski definition) is 3. The molecule has 0 aliphatic carbocycles. The summed E-state index contributed by atoms with van der Waals surface area (Å²) in [7, 11) is 0. The largest absolute Gasteiger partial charge is 0.399 e. The van der Waals surface area contributed by atoms with Crippen LogP contribution in [0.2, 0.25) is 0 Å². The highest BCUT2D eigenvalue weighted by molar-refractivity contribution is 5.80. The number of carbonyl (C=O) groups is 1. The molecule has 0 saturated carbocycles. The van der Waals surface area contributed by atoms with Gasteiger partial charge in [0.05, 0.1) is 6.54 Å². The van der Waals surface area contributed by atoms with Crippen molar-refractivity contribution in [2.24, 2.45) is 0 Å². The minimum absolute atomic E-state index is 0.00178. The van der Waals surface area contributed by atoms with Crippen LogP contribution in [0.4, 0.5) is 11.4 Å². The van der Waals surface area contributed by atoms with Crippen molar-refractivity contribution in [3.8, 4) is 0 Å². The summed E-state index contributed by atoms with van der Waals surface area (Å²) < 4.78 is 0. The van der Waals surface area contributed by atoms with Crippen molar-refractivity contribution < 1.29 is 4.79 Å². The highest BCUT2D eigenvalue weighted by Crippen LogP contribution is 2.15. The lowest BCUT2D eigenvalue weighted by atomic mass is 10.2. The average Bonchev–Trinajstić information content (AvgIpc) is 2.22. The zero-order valence-corrected chi connectivity index (χ0v) is 9.84. The van der Waals surface area contributed by atoms with Crippen molar-refractivity contribution in [3.63, 3.8) is 0 Å². The van der Waals surface area contributed by atoms with Crippen LogP contribution in [0.1, 0.15) is 18.9 Å². The van der Waals surface area contributed by atoms with E-state index in [4.69, 9.17) is 5.73 Å². The van der Waals surface area contributed by atoms with Crippen molar-refractivity contribution in [1.82, 2.24) is 5.32 Å². The molecule has 0 unspecified atom stereocenters. The fraction of sp³-hybridized carbons (Fsp3) is 0.417. The maximum absolute atomic E-state index is 11.3. The summed E-state index contributed by atoms with van der Waals surface area (Å²) in [6.07, 6.45) is 0.948. The van der Waals surface area contributed by atoms with Gasteiger partial charge in [0.15, 0.2) is 0 Å². The highest BCUT2D eigenvalue weighted by atomic mass is 16.1. The van der Waals surface area contributed by atoms with Crippen molar-refractivity contribution in [3.05, 3.63) is 23.8 Å². The molecule has 1 aromatic carbocycles. The average molecular weight is 221 g/mol. The van der Waals surface area contributed by atoms with Gasteiger partial charge in [-0.2, -0.15) is 0 Å². The molecule has 0 radical (unpaired) electrons. The summed E-state index contributed by atoms with van der Waals surface area (Å²) in [4.78, 5) is 11.3. The van der Waals surface area contributed by atoms with E-state index in [0.29, 0.717) is 5.69 Å². The van der Waals surface area contributed by atoms with Gasteiger partial charge in [0.2, 0.25) is 5.91 Å². The SMILES string of the molecule is CCCNC(=O)CNc1cc(C)cc(N)c1. The number of rotatable bonds is 5. The van der Waals surface area contributed by atoms with Crippen molar-refractivity contribution in [1.29, 1.82) is 0 Å². The van der Waals surface area contributed by atoms with E-state index >= 15 is 0 Å². The fourth-order valence-corrected chi connectivity index (χ4v) is 1.42. The quantitative estimate of drug-likeness (QED) is 0.660. The Bertz CT molecular complexity index is 343. The van der Waals surface area contributed by atoms with Crippen LogP contribution in [0.15, 0.2) is 18.2 Å². The third-order valence-corrected chi connectivity index (χ3v) is 2.12. The molecule has 88 valence electrons. The second-order valence-electron chi connectivity index (χ2n) is 3.84. The number of nitrogens with one attached hydrogen (secondary N) is 2. The molecule has 0 aliphatic heterocycles. The first kappa shape index (κ1) is 12.4. The molecule has 0 heterocycles. The van der Waals surface area contributed by atoms with Gasteiger partial charge in [0.25, 0.3) is 0 Å². The minimum Gasteiger partial charge on any atom is -0.399 e. The van der Waals surface area contributed by atoms with Crippen molar-refractivity contribution >= 4 is 17.3 Å². The first-order valence-electron chi connectivity index (χ1n) is 5.49. The molecule has 0 spiro atoms. The van der Waals surface area contributed by atoms with E-state index in [9.17, 15) is 4.79 Å². The third-order valence-electron chi connectivity index (χ3n) is 2.12. The summed E-state index contributed by atoms with van der Waals surface area (Å²) in [6, 6.07) is 5.67. The number of nitrogen functional groups attached to an aromatic ring is 1. The smallest absolute Gasteiger partial charge is 0.239 e. The molecule has 0 aromatic heterocycles. The Labute approximate surface area is 96.2 Å². The van der Waals surface area contributed by atoms with E-state index in [1.54, 1.807) is 0 Å². The Morgan fingerprint density at radius 1 is 1.38 bits per heavy atom. The lowest BCUT2D eigenvalue weighted by Gasteiger charge is -2.08. The Morgan fingerprint density at radius 2 is 2.12 bits per heavy atom. The van der Waals surface area contributed by atoms with Crippen LogP contribution < -0.4 is 16.4 Å². The predicted octanol–water partition coefficient (Wildman–Crippen LogP) is 1.52. The summed E-state index contributed by atoms with van der Waals surface area (Å²) >= 11 is 0. The van der Waals surface area contributed by atoms with Crippen LogP contribution in [-0.2, 0) is 4.79 Å². The van der Waals surface area contributed by atoms with Gasteiger partial charge in [-0.3, -0.25) is 4.79 Å². The Hall–Kier alpha value is -1.71. The summed E-state index contributed by atoms with van der Waals surface area (Å²) in [5.74, 6) is 0.00178. The van der Waals surface area contributed by atoms with Crippen LogP contribution in [0, 0.1) is 6.92 Å². The topological polar surface area (TPSA) is 67.2 Å². The van der Waals surface area contributed by atoms with Gasteiger partial charge in [-0.1, -0.05) is 6.92 Å². The lowest BCUT2D eigenvalue weighted by Crippen LogP contribution is -2.30. The Kier molecular flexibility index (Phi) is 4.64. The normalized spacial score (nSPS) is 9.88. The summed E-state index contributed by atoms with van der Waals surface area (Å²) in [5.41, 5.74) is 8.37. The monoisotopic (exact) mass is 221 g/mol. The second-order valence-corrected chi connectivity index (χ2v) is 3.84. The van der Waals surface area contributed by atoms with E-state index < -0.39 is 0 Å². The lowest BCUT2D eigenvalue weighted by molar-refractivity contribution is -0.119. The molecular weight excluding hydrogens is 202 g/mol. The molecule has 1 aromatic rings. The van der Waals surface area contributed by atoms with Gasteiger partial charge in [0.1, 0.15) is 0 Å². The molecule has 4 heteroatoms. The maximum atomic E-state index is 11.3. The van der Waals surface area contributed by atoms with E-state index in [1.165, 1.54) is 0 Å². The standard InChI is InChI=1S/C12H19N3O/c1-3-4-14-12(16)8-15-11-6-9(2)5-10(13)7-11/h5-7,15H,3-4,8,13H2,1-2H3,(H,14,16). The first-order chi connectivity index (χ1) is 7.61. The predicted molar refractivity (Wildman–Crippen MR) is 67.4 cm³/mol. The molecule has 16 heavy (non-hydrogen) atoms. The molecule has 1 rings (SSSR count).